The highest BCUT2D eigenvalue weighted by Gasteiger charge is 2.11. The van der Waals surface area contributed by atoms with Crippen LogP contribution >= 0.6 is 0 Å². The number of aromatic nitrogens is 3. The monoisotopic (exact) mass is 351 g/mol. The summed E-state index contributed by atoms with van der Waals surface area (Å²) in [4.78, 5) is 32.0. The van der Waals surface area contributed by atoms with Crippen LogP contribution in [0.5, 0.6) is 0 Å². The topological polar surface area (TPSA) is 110 Å². The molecule has 0 atom stereocenters. The van der Waals surface area contributed by atoms with Crippen molar-refractivity contribution in [1.29, 1.82) is 0 Å². The van der Waals surface area contributed by atoms with Gasteiger partial charge in [0.1, 0.15) is 0 Å². The van der Waals surface area contributed by atoms with Crippen LogP contribution in [0.25, 0.3) is 11.4 Å². The molecule has 1 aromatic carbocycles. The standard InChI is InChI=1S/C18H17N5O3/c1-19-18(25)12-4-2-6-14(10-12)21-15(24)7-8-16-22-17(23-26-16)13-5-3-9-20-11-13/h2-6,9-11H,7-8H2,1H3,(H,19,25)(H,21,24). The van der Waals surface area contributed by atoms with E-state index in [9.17, 15) is 9.59 Å². The Morgan fingerprint density at radius 1 is 1.19 bits per heavy atom. The lowest BCUT2D eigenvalue weighted by atomic mass is 10.2. The molecule has 132 valence electrons. The molecule has 0 aliphatic rings. The molecule has 8 heteroatoms. The van der Waals surface area contributed by atoms with Gasteiger partial charge in [-0.1, -0.05) is 11.2 Å². The first-order chi connectivity index (χ1) is 12.7. The molecule has 2 aromatic heterocycles. The molecule has 0 saturated carbocycles. The van der Waals surface area contributed by atoms with Crippen LogP contribution in [0, 0.1) is 0 Å². The molecule has 2 N–H and O–H groups in total. The van der Waals surface area contributed by atoms with Crippen LogP contribution in [0.2, 0.25) is 0 Å². The van der Waals surface area contributed by atoms with Gasteiger partial charge in [0.2, 0.25) is 17.6 Å². The highest BCUT2D eigenvalue weighted by Crippen LogP contribution is 2.15. The molecular formula is C18H17N5O3. The Kier molecular flexibility index (Phi) is 5.33. The summed E-state index contributed by atoms with van der Waals surface area (Å²) in [5, 5.41) is 9.18. The van der Waals surface area contributed by atoms with Crippen molar-refractivity contribution in [3.05, 3.63) is 60.2 Å². The second kappa shape index (κ2) is 8.02. The van der Waals surface area contributed by atoms with E-state index in [-0.39, 0.29) is 18.2 Å². The fourth-order valence-corrected chi connectivity index (χ4v) is 2.30. The molecule has 2 amide bonds. The van der Waals surface area contributed by atoms with E-state index >= 15 is 0 Å². The molecule has 3 rings (SSSR count). The predicted molar refractivity (Wildman–Crippen MR) is 94.3 cm³/mol. The van der Waals surface area contributed by atoms with E-state index in [1.165, 1.54) is 0 Å². The Morgan fingerprint density at radius 3 is 2.85 bits per heavy atom. The second-order valence-electron chi connectivity index (χ2n) is 5.46. The van der Waals surface area contributed by atoms with E-state index in [0.717, 1.165) is 5.56 Å². The number of nitrogens with zero attached hydrogens (tertiary/aromatic N) is 3. The van der Waals surface area contributed by atoms with Gasteiger partial charge in [-0.2, -0.15) is 4.98 Å². The van der Waals surface area contributed by atoms with Gasteiger partial charge in [-0.15, -0.1) is 0 Å². The average molecular weight is 351 g/mol. The Balaban J connectivity index is 1.56. The zero-order chi connectivity index (χ0) is 18.4. The van der Waals surface area contributed by atoms with Crippen molar-refractivity contribution in [2.45, 2.75) is 12.8 Å². The number of nitrogens with one attached hydrogen (secondary N) is 2. The van der Waals surface area contributed by atoms with Crippen LogP contribution < -0.4 is 10.6 Å². The summed E-state index contributed by atoms with van der Waals surface area (Å²) in [5.41, 5.74) is 1.78. The maximum absolute atomic E-state index is 12.1. The van der Waals surface area contributed by atoms with E-state index in [4.69, 9.17) is 4.52 Å². The SMILES string of the molecule is CNC(=O)c1cccc(NC(=O)CCc2nc(-c3cccnc3)no2)c1. The number of anilines is 1. The summed E-state index contributed by atoms with van der Waals surface area (Å²) < 4.78 is 5.16. The van der Waals surface area contributed by atoms with Crippen molar-refractivity contribution in [1.82, 2.24) is 20.4 Å². The highest BCUT2D eigenvalue weighted by molar-refractivity contribution is 5.97. The maximum Gasteiger partial charge on any atom is 0.251 e. The summed E-state index contributed by atoms with van der Waals surface area (Å²) in [6.07, 6.45) is 3.79. The maximum atomic E-state index is 12.1. The Labute approximate surface area is 149 Å². The molecule has 3 aromatic rings. The van der Waals surface area contributed by atoms with Crippen LogP contribution in [0.3, 0.4) is 0 Å². The first kappa shape index (κ1) is 17.3. The van der Waals surface area contributed by atoms with Gasteiger partial charge in [0.15, 0.2) is 0 Å². The molecule has 0 fully saturated rings. The van der Waals surface area contributed by atoms with E-state index < -0.39 is 0 Å². The number of hydrogen-bond donors (Lipinski definition) is 2. The zero-order valence-electron chi connectivity index (χ0n) is 14.1. The lowest BCUT2D eigenvalue weighted by molar-refractivity contribution is -0.116. The van der Waals surface area contributed by atoms with Gasteiger partial charge in [-0.3, -0.25) is 14.6 Å². The summed E-state index contributed by atoms with van der Waals surface area (Å²) in [6.45, 7) is 0. The number of aryl methyl sites for hydroxylation is 1. The molecule has 0 saturated heterocycles. The number of carbonyl (C=O) groups excluding carboxylic acids is 2. The quantitative estimate of drug-likeness (QED) is 0.703. The first-order valence-electron chi connectivity index (χ1n) is 8.00. The zero-order valence-corrected chi connectivity index (χ0v) is 14.1. The highest BCUT2D eigenvalue weighted by atomic mass is 16.5. The van der Waals surface area contributed by atoms with Gasteiger partial charge in [0.05, 0.1) is 0 Å². The number of hydrogen-bond acceptors (Lipinski definition) is 6. The summed E-state index contributed by atoms with van der Waals surface area (Å²) >= 11 is 0. The Morgan fingerprint density at radius 2 is 2.08 bits per heavy atom. The summed E-state index contributed by atoms with van der Waals surface area (Å²) in [7, 11) is 1.55. The van der Waals surface area contributed by atoms with E-state index in [2.05, 4.69) is 25.8 Å². The molecule has 2 heterocycles. The number of carbonyl (C=O) groups is 2. The van der Waals surface area contributed by atoms with E-state index in [0.29, 0.717) is 29.4 Å². The minimum atomic E-state index is -0.213. The van der Waals surface area contributed by atoms with Gasteiger partial charge in [-0.25, -0.2) is 0 Å². The van der Waals surface area contributed by atoms with Crippen LogP contribution in [-0.2, 0) is 11.2 Å². The molecule has 0 unspecified atom stereocenters. The lowest BCUT2D eigenvalue weighted by Gasteiger charge is -2.06. The third-order valence-corrected chi connectivity index (χ3v) is 3.59. The minimum absolute atomic E-state index is 0.179. The molecule has 0 aliphatic carbocycles. The van der Waals surface area contributed by atoms with Crippen molar-refractivity contribution in [2.75, 3.05) is 12.4 Å². The number of benzene rings is 1. The third-order valence-electron chi connectivity index (χ3n) is 3.59. The van der Waals surface area contributed by atoms with Crippen LogP contribution in [0.15, 0.2) is 53.3 Å². The molecule has 0 bridgehead atoms. The van der Waals surface area contributed by atoms with Gasteiger partial charge >= 0.3 is 0 Å². The fraction of sp³-hybridized carbons (Fsp3) is 0.167. The van der Waals surface area contributed by atoms with Crippen molar-refractivity contribution in [3.63, 3.8) is 0 Å². The normalized spacial score (nSPS) is 10.3. The molecule has 0 spiro atoms. The van der Waals surface area contributed by atoms with E-state index in [1.807, 2.05) is 6.07 Å². The predicted octanol–water partition coefficient (Wildman–Crippen LogP) is 2.06. The molecule has 26 heavy (non-hydrogen) atoms. The van der Waals surface area contributed by atoms with Gasteiger partial charge < -0.3 is 15.2 Å². The van der Waals surface area contributed by atoms with Gasteiger partial charge in [-0.05, 0) is 30.3 Å². The van der Waals surface area contributed by atoms with Crippen molar-refractivity contribution in [2.24, 2.45) is 0 Å². The van der Waals surface area contributed by atoms with Crippen LogP contribution in [0.1, 0.15) is 22.7 Å². The van der Waals surface area contributed by atoms with Crippen molar-refractivity contribution < 1.29 is 14.1 Å². The molecule has 8 nitrogen and oxygen atoms in total. The van der Waals surface area contributed by atoms with Crippen molar-refractivity contribution in [3.8, 4) is 11.4 Å². The minimum Gasteiger partial charge on any atom is -0.355 e. The van der Waals surface area contributed by atoms with Crippen LogP contribution in [0.4, 0.5) is 5.69 Å². The number of pyridine rings is 1. The molecule has 0 aliphatic heterocycles. The Bertz CT molecular complexity index is 908. The number of amides is 2. The van der Waals surface area contributed by atoms with Crippen LogP contribution in [-0.4, -0.2) is 34.0 Å². The lowest BCUT2D eigenvalue weighted by Crippen LogP contribution is -2.18. The fourth-order valence-electron chi connectivity index (χ4n) is 2.30. The van der Waals surface area contributed by atoms with Gasteiger partial charge in [0.25, 0.3) is 5.91 Å². The van der Waals surface area contributed by atoms with Gasteiger partial charge in [0, 0.05) is 49.1 Å². The Hall–Kier alpha value is -3.55. The number of rotatable bonds is 6. The third kappa shape index (κ3) is 4.29. The first-order valence-corrected chi connectivity index (χ1v) is 8.00. The average Bonchev–Trinajstić information content (AvgIpc) is 3.16. The molecular weight excluding hydrogens is 334 g/mol. The second-order valence-corrected chi connectivity index (χ2v) is 5.46. The summed E-state index contributed by atoms with van der Waals surface area (Å²) in [6, 6.07) is 10.3. The van der Waals surface area contributed by atoms with Crippen molar-refractivity contribution >= 4 is 17.5 Å². The smallest absolute Gasteiger partial charge is 0.251 e. The summed E-state index contributed by atoms with van der Waals surface area (Å²) in [5.74, 6) is 0.389. The van der Waals surface area contributed by atoms with E-state index in [1.54, 1.807) is 49.8 Å². The molecule has 0 radical (unpaired) electrons. The largest absolute Gasteiger partial charge is 0.355 e.